The van der Waals surface area contributed by atoms with Gasteiger partial charge in [-0.15, -0.1) is 0 Å². The van der Waals surface area contributed by atoms with Crippen LogP contribution in [0.25, 0.3) is 10.9 Å². The fourth-order valence-corrected chi connectivity index (χ4v) is 1.67. The van der Waals surface area contributed by atoms with E-state index in [0.29, 0.717) is 0 Å². The average molecular weight is 188 g/mol. The summed E-state index contributed by atoms with van der Waals surface area (Å²) in [4.78, 5) is 3.21. The smallest absolute Gasteiger partial charge is 0.0456 e. The van der Waals surface area contributed by atoms with Gasteiger partial charge in [-0.2, -0.15) is 0 Å². The summed E-state index contributed by atoms with van der Waals surface area (Å²) in [5, 5.41) is 1.26. The maximum Gasteiger partial charge on any atom is 0.0456 e. The number of benzene rings is 1. The molecule has 14 heavy (non-hydrogen) atoms. The van der Waals surface area contributed by atoms with Crippen LogP contribution in [-0.2, 0) is 6.42 Å². The molecule has 1 heterocycles. The second-order valence-electron chi connectivity index (χ2n) is 3.77. The number of H-pyrrole nitrogens is 1. The minimum atomic E-state index is 0.280. The highest BCUT2D eigenvalue weighted by Gasteiger charge is 2.02. The van der Waals surface area contributed by atoms with Crippen molar-refractivity contribution in [1.82, 2.24) is 4.98 Å². The lowest BCUT2D eigenvalue weighted by molar-refractivity contribution is 0.647. The van der Waals surface area contributed by atoms with Crippen LogP contribution in [0.2, 0.25) is 0 Å². The molecule has 0 aliphatic carbocycles. The predicted molar refractivity (Wildman–Crippen MR) is 60.3 cm³/mol. The van der Waals surface area contributed by atoms with Crippen molar-refractivity contribution in [2.75, 3.05) is 0 Å². The molecular formula is C12H16N2. The van der Waals surface area contributed by atoms with Crippen molar-refractivity contribution in [1.29, 1.82) is 0 Å². The second kappa shape index (κ2) is 3.84. The Labute approximate surface area is 84.1 Å². The van der Waals surface area contributed by atoms with E-state index in [0.717, 1.165) is 12.8 Å². The largest absolute Gasteiger partial charge is 0.361 e. The van der Waals surface area contributed by atoms with Crippen molar-refractivity contribution in [2.24, 2.45) is 5.73 Å². The van der Waals surface area contributed by atoms with Crippen LogP contribution in [0.5, 0.6) is 0 Å². The Hall–Kier alpha value is -1.28. The average Bonchev–Trinajstić information content (AvgIpc) is 2.64. The molecule has 0 aliphatic heterocycles. The van der Waals surface area contributed by atoms with Crippen LogP contribution >= 0.6 is 0 Å². The molecule has 0 spiro atoms. The quantitative estimate of drug-likeness (QED) is 0.763. The molecular weight excluding hydrogens is 172 g/mol. The number of nitrogens with two attached hydrogens (primary N) is 1. The van der Waals surface area contributed by atoms with Crippen molar-refractivity contribution in [2.45, 2.75) is 25.8 Å². The van der Waals surface area contributed by atoms with Crippen LogP contribution < -0.4 is 5.73 Å². The summed E-state index contributed by atoms with van der Waals surface area (Å²) in [6, 6.07) is 8.85. The number of hydrogen-bond donors (Lipinski definition) is 2. The monoisotopic (exact) mass is 188 g/mol. The number of nitrogens with one attached hydrogen (secondary N) is 1. The summed E-state index contributed by atoms with van der Waals surface area (Å²) in [7, 11) is 0. The number of hydrogen-bond acceptors (Lipinski definition) is 1. The molecule has 2 aromatic rings. The third kappa shape index (κ3) is 1.80. The SMILES string of the molecule is CC[C@H](N)Cc1ccc2cc[nH]c2c1. The zero-order chi connectivity index (χ0) is 9.97. The molecule has 0 bridgehead atoms. The number of rotatable bonds is 3. The van der Waals surface area contributed by atoms with E-state index in [-0.39, 0.29) is 6.04 Å². The Bertz CT molecular complexity index is 417. The van der Waals surface area contributed by atoms with Crippen molar-refractivity contribution >= 4 is 10.9 Å². The van der Waals surface area contributed by atoms with Crippen LogP contribution in [-0.4, -0.2) is 11.0 Å². The lowest BCUT2D eigenvalue weighted by Gasteiger charge is -2.08. The van der Waals surface area contributed by atoms with Gasteiger partial charge in [-0.1, -0.05) is 19.1 Å². The van der Waals surface area contributed by atoms with Gasteiger partial charge >= 0.3 is 0 Å². The number of aromatic amines is 1. The van der Waals surface area contributed by atoms with Crippen molar-refractivity contribution in [3.05, 3.63) is 36.0 Å². The Morgan fingerprint density at radius 1 is 1.36 bits per heavy atom. The Balaban J connectivity index is 2.25. The summed E-state index contributed by atoms with van der Waals surface area (Å²) in [5.74, 6) is 0. The van der Waals surface area contributed by atoms with Gasteiger partial charge in [0, 0.05) is 17.8 Å². The van der Waals surface area contributed by atoms with Crippen molar-refractivity contribution in [3.63, 3.8) is 0 Å². The molecule has 2 heteroatoms. The summed E-state index contributed by atoms with van der Waals surface area (Å²) in [6.45, 7) is 2.12. The highest BCUT2D eigenvalue weighted by Crippen LogP contribution is 2.15. The van der Waals surface area contributed by atoms with Gasteiger partial charge in [0.25, 0.3) is 0 Å². The minimum Gasteiger partial charge on any atom is -0.361 e. The van der Waals surface area contributed by atoms with Crippen molar-refractivity contribution < 1.29 is 0 Å². The number of fused-ring (bicyclic) bond motifs is 1. The van der Waals surface area contributed by atoms with Gasteiger partial charge in [-0.3, -0.25) is 0 Å². The molecule has 2 rings (SSSR count). The molecule has 1 aromatic carbocycles. The maximum absolute atomic E-state index is 5.91. The van der Waals surface area contributed by atoms with Crippen LogP contribution in [0.1, 0.15) is 18.9 Å². The first-order chi connectivity index (χ1) is 6.79. The van der Waals surface area contributed by atoms with Gasteiger partial charge in [-0.05, 0) is 35.9 Å². The van der Waals surface area contributed by atoms with Crippen LogP contribution in [0.4, 0.5) is 0 Å². The molecule has 1 aromatic heterocycles. The first-order valence-corrected chi connectivity index (χ1v) is 5.11. The van der Waals surface area contributed by atoms with E-state index in [1.54, 1.807) is 0 Å². The predicted octanol–water partition coefficient (Wildman–Crippen LogP) is 2.45. The first-order valence-electron chi connectivity index (χ1n) is 5.11. The summed E-state index contributed by atoms with van der Waals surface area (Å²) < 4.78 is 0. The molecule has 0 saturated heterocycles. The summed E-state index contributed by atoms with van der Waals surface area (Å²) in [6.07, 6.45) is 3.96. The van der Waals surface area contributed by atoms with Gasteiger partial charge in [0.05, 0.1) is 0 Å². The Morgan fingerprint density at radius 2 is 2.21 bits per heavy atom. The maximum atomic E-state index is 5.91. The van der Waals surface area contributed by atoms with Gasteiger partial charge in [-0.25, -0.2) is 0 Å². The molecule has 0 aliphatic rings. The van der Waals surface area contributed by atoms with E-state index < -0.39 is 0 Å². The van der Waals surface area contributed by atoms with Crippen LogP contribution in [0.15, 0.2) is 30.5 Å². The van der Waals surface area contributed by atoms with Gasteiger partial charge in [0.1, 0.15) is 0 Å². The third-order valence-corrected chi connectivity index (χ3v) is 2.64. The molecule has 74 valence electrons. The molecule has 0 amide bonds. The molecule has 0 fully saturated rings. The van der Waals surface area contributed by atoms with E-state index in [1.165, 1.54) is 16.5 Å². The zero-order valence-electron chi connectivity index (χ0n) is 8.46. The standard InChI is InChI=1S/C12H16N2/c1-2-11(13)7-9-3-4-10-5-6-14-12(10)8-9/h3-6,8,11,14H,2,7,13H2,1H3/t11-/m0/s1. The topological polar surface area (TPSA) is 41.8 Å². The minimum absolute atomic E-state index is 0.280. The second-order valence-corrected chi connectivity index (χ2v) is 3.77. The van der Waals surface area contributed by atoms with Crippen LogP contribution in [0, 0.1) is 0 Å². The highest BCUT2D eigenvalue weighted by molar-refractivity contribution is 5.79. The first kappa shape index (κ1) is 9.28. The molecule has 0 saturated carbocycles. The zero-order valence-corrected chi connectivity index (χ0v) is 8.46. The van der Waals surface area contributed by atoms with Crippen LogP contribution in [0.3, 0.4) is 0 Å². The fourth-order valence-electron chi connectivity index (χ4n) is 1.67. The van der Waals surface area contributed by atoms with E-state index in [2.05, 4.69) is 36.2 Å². The van der Waals surface area contributed by atoms with Gasteiger partial charge < -0.3 is 10.7 Å². The summed E-state index contributed by atoms with van der Waals surface area (Å²) in [5.41, 5.74) is 8.43. The van der Waals surface area contributed by atoms with Gasteiger partial charge in [0.2, 0.25) is 0 Å². The lowest BCUT2D eigenvalue weighted by atomic mass is 10.0. The molecule has 0 unspecified atom stereocenters. The normalized spacial score (nSPS) is 13.3. The molecule has 0 radical (unpaired) electrons. The van der Waals surface area contributed by atoms with Gasteiger partial charge in [0.15, 0.2) is 0 Å². The van der Waals surface area contributed by atoms with E-state index in [4.69, 9.17) is 5.73 Å². The highest BCUT2D eigenvalue weighted by atomic mass is 14.7. The van der Waals surface area contributed by atoms with E-state index in [1.807, 2.05) is 6.20 Å². The lowest BCUT2D eigenvalue weighted by Crippen LogP contribution is -2.21. The Kier molecular flexibility index (Phi) is 2.55. The summed E-state index contributed by atoms with van der Waals surface area (Å²) >= 11 is 0. The Morgan fingerprint density at radius 3 is 3.00 bits per heavy atom. The molecule has 3 N–H and O–H groups in total. The van der Waals surface area contributed by atoms with E-state index >= 15 is 0 Å². The third-order valence-electron chi connectivity index (χ3n) is 2.64. The van der Waals surface area contributed by atoms with Crippen molar-refractivity contribution in [3.8, 4) is 0 Å². The number of aromatic nitrogens is 1. The fraction of sp³-hybridized carbons (Fsp3) is 0.333. The molecule has 1 atom stereocenters. The van der Waals surface area contributed by atoms with E-state index in [9.17, 15) is 0 Å². The molecule has 2 nitrogen and oxygen atoms in total.